The predicted molar refractivity (Wildman–Crippen MR) is 112 cm³/mol. The van der Waals surface area contributed by atoms with E-state index in [-0.39, 0.29) is 23.4 Å². The van der Waals surface area contributed by atoms with Gasteiger partial charge in [0.1, 0.15) is 5.00 Å². The first-order valence-electron chi connectivity index (χ1n) is 10.5. The lowest BCUT2D eigenvalue weighted by atomic mass is 9.92. The summed E-state index contributed by atoms with van der Waals surface area (Å²) in [5, 5.41) is 8.85. The zero-order valence-corrected chi connectivity index (χ0v) is 18.3. The van der Waals surface area contributed by atoms with Gasteiger partial charge in [0.15, 0.2) is 18.0 Å². The number of halogens is 5. The zero-order chi connectivity index (χ0) is 23.4. The van der Waals surface area contributed by atoms with Crippen molar-refractivity contribution in [2.24, 2.45) is 11.8 Å². The Labute approximate surface area is 189 Å². The van der Waals surface area contributed by atoms with E-state index in [2.05, 4.69) is 30.7 Å². The number of rotatable bonds is 6. The highest BCUT2D eigenvalue weighted by Crippen LogP contribution is 2.41. The van der Waals surface area contributed by atoms with Crippen molar-refractivity contribution in [3.8, 4) is 5.75 Å². The van der Waals surface area contributed by atoms with Gasteiger partial charge < -0.3 is 15.0 Å². The Bertz CT molecular complexity index is 1130. The van der Waals surface area contributed by atoms with Crippen LogP contribution in [-0.4, -0.2) is 56.8 Å². The van der Waals surface area contributed by atoms with Gasteiger partial charge in [0.2, 0.25) is 5.95 Å². The number of aryl methyl sites for hydroxylation is 1. The SMILES string of the molecule is Cc1cc(N2CC3CC[C@@H](C2)C3Nc2nc3c(OCC(F)(F)C(F)(F)F)cccn3n2)sn1. The summed E-state index contributed by atoms with van der Waals surface area (Å²) in [5.74, 6) is -4.12. The van der Waals surface area contributed by atoms with Crippen molar-refractivity contribution in [2.45, 2.75) is 37.9 Å². The predicted octanol–water partition coefficient (Wildman–Crippen LogP) is 4.40. The second-order valence-electron chi connectivity index (χ2n) is 8.55. The van der Waals surface area contributed by atoms with Gasteiger partial charge in [-0.3, -0.25) is 0 Å². The number of hydrogen-bond donors (Lipinski definition) is 1. The van der Waals surface area contributed by atoms with Gasteiger partial charge in [-0.05, 0) is 61.3 Å². The van der Waals surface area contributed by atoms with Crippen molar-refractivity contribution in [1.29, 1.82) is 0 Å². The molecule has 3 aromatic rings. The molecule has 1 aliphatic heterocycles. The molecule has 1 saturated heterocycles. The van der Waals surface area contributed by atoms with E-state index in [9.17, 15) is 22.0 Å². The molecule has 0 spiro atoms. The minimum Gasteiger partial charge on any atom is -0.483 e. The van der Waals surface area contributed by atoms with Crippen LogP contribution in [0.2, 0.25) is 0 Å². The van der Waals surface area contributed by atoms with Crippen LogP contribution in [0, 0.1) is 18.8 Å². The molecular weight excluding hydrogens is 467 g/mol. The summed E-state index contributed by atoms with van der Waals surface area (Å²) in [6.07, 6.45) is -2.04. The first-order valence-corrected chi connectivity index (χ1v) is 11.3. The van der Waals surface area contributed by atoms with Gasteiger partial charge in [-0.25, -0.2) is 4.52 Å². The molecule has 7 nitrogen and oxygen atoms in total. The van der Waals surface area contributed by atoms with Gasteiger partial charge >= 0.3 is 12.1 Å². The van der Waals surface area contributed by atoms with Crippen LogP contribution in [0.4, 0.5) is 32.9 Å². The van der Waals surface area contributed by atoms with Crippen LogP contribution >= 0.6 is 11.5 Å². The van der Waals surface area contributed by atoms with Crippen LogP contribution in [0.25, 0.3) is 5.65 Å². The zero-order valence-electron chi connectivity index (χ0n) is 17.5. The Balaban J connectivity index is 1.30. The van der Waals surface area contributed by atoms with E-state index in [1.165, 1.54) is 34.4 Å². The molecule has 178 valence electrons. The van der Waals surface area contributed by atoms with E-state index in [1.807, 2.05) is 6.92 Å². The molecule has 3 aromatic heterocycles. The smallest absolute Gasteiger partial charge is 0.456 e. The summed E-state index contributed by atoms with van der Waals surface area (Å²) in [6, 6.07) is 4.97. The summed E-state index contributed by atoms with van der Waals surface area (Å²) in [4.78, 5) is 6.67. The summed E-state index contributed by atoms with van der Waals surface area (Å²) in [5.41, 5.74) is 1.07. The number of hydrogen-bond acceptors (Lipinski definition) is 7. The third kappa shape index (κ3) is 4.18. The van der Waals surface area contributed by atoms with Gasteiger partial charge in [0.25, 0.3) is 0 Å². The molecule has 0 aromatic carbocycles. The van der Waals surface area contributed by atoms with Gasteiger partial charge in [-0.2, -0.15) is 31.3 Å². The van der Waals surface area contributed by atoms with E-state index in [1.54, 1.807) is 0 Å². The molecule has 2 bridgehead atoms. The molecule has 5 rings (SSSR count). The van der Waals surface area contributed by atoms with Crippen molar-refractivity contribution in [2.75, 3.05) is 29.9 Å². The quantitative estimate of drug-likeness (QED) is 0.519. The Kier molecular flexibility index (Phi) is 5.33. The normalized spacial score (nSPS) is 23.3. The third-order valence-electron chi connectivity index (χ3n) is 6.21. The Morgan fingerprint density at radius 2 is 1.91 bits per heavy atom. The van der Waals surface area contributed by atoms with Gasteiger partial charge in [0, 0.05) is 25.3 Å². The standard InChI is InChI=1S/C20H21F5N6OS/c1-11-7-15(33-29-11)30-8-12-4-5-13(9-30)16(12)26-18-27-17-14(3-2-6-31(17)28-18)32-10-19(21,22)20(23,24)25/h2-3,6-7,12-13,16H,4-5,8-10H2,1H3,(H,26,28)/t12-,13?,16?/m0/s1. The molecule has 1 saturated carbocycles. The van der Waals surface area contributed by atoms with Crippen molar-refractivity contribution in [3.05, 3.63) is 30.1 Å². The Hall–Kier alpha value is -2.70. The van der Waals surface area contributed by atoms with Crippen LogP contribution < -0.4 is 15.0 Å². The lowest BCUT2D eigenvalue weighted by molar-refractivity contribution is -0.289. The average Bonchev–Trinajstić information content (AvgIpc) is 3.41. The van der Waals surface area contributed by atoms with E-state index in [4.69, 9.17) is 4.74 Å². The van der Waals surface area contributed by atoms with Crippen molar-refractivity contribution in [1.82, 2.24) is 19.0 Å². The van der Waals surface area contributed by atoms with Crippen LogP contribution in [0.15, 0.2) is 24.4 Å². The van der Waals surface area contributed by atoms with E-state index in [0.717, 1.165) is 36.6 Å². The number of aromatic nitrogens is 4. The number of pyridine rings is 1. The second kappa shape index (κ2) is 7.96. The maximum absolute atomic E-state index is 13.3. The molecule has 4 heterocycles. The summed E-state index contributed by atoms with van der Waals surface area (Å²) in [7, 11) is 0. The fraction of sp³-hybridized carbons (Fsp3) is 0.550. The number of nitrogens with zero attached hydrogens (tertiary/aromatic N) is 5. The van der Waals surface area contributed by atoms with Crippen molar-refractivity contribution in [3.63, 3.8) is 0 Å². The highest BCUT2D eigenvalue weighted by atomic mass is 32.1. The lowest BCUT2D eigenvalue weighted by Crippen LogP contribution is -2.48. The van der Waals surface area contributed by atoms with Crippen LogP contribution in [0.3, 0.4) is 0 Å². The molecule has 2 aliphatic rings. The number of alkyl halides is 5. The summed E-state index contributed by atoms with van der Waals surface area (Å²) >= 11 is 1.50. The van der Waals surface area contributed by atoms with E-state index < -0.39 is 18.7 Å². The largest absolute Gasteiger partial charge is 0.483 e. The molecule has 1 aliphatic carbocycles. The Morgan fingerprint density at radius 1 is 1.18 bits per heavy atom. The number of piperidine rings is 1. The Morgan fingerprint density at radius 3 is 2.55 bits per heavy atom. The molecule has 0 radical (unpaired) electrons. The summed E-state index contributed by atoms with van der Waals surface area (Å²) in [6.45, 7) is 1.90. The van der Waals surface area contributed by atoms with Gasteiger partial charge in [-0.15, -0.1) is 5.10 Å². The molecule has 33 heavy (non-hydrogen) atoms. The minimum absolute atomic E-state index is 0.0721. The fourth-order valence-corrected chi connectivity index (χ4v) is 5.37. The summed E-state index contributed by atoms with van der Waals surface area (Å²) < 4.78 is 74.4. The topological polar surface area (TPSA) is 67.6 Å². The lowest BCUT2D eigenvalue weighted by Gasteiger charge is -2.38. The maximum atomic E-state index is 13.3. The monoisotopic (exact) mass is 488 g/mol. The molecule has 3 atom stereocenters. The number of fused-ring (bicyclic) bond motifs is 3. The second-order valence-corrected chi connectivity index (χ2v) is 9.33. The molecule has 2 unspecified atom stereocenters. The number of nitrogens with one attached hydrogen (secondary N) is 1. The fourth-order valence-electron chi connectivity index (χ4n) is 4.59. The van der Waals surface area contributed by atoms with Gasteiger partial charge in [0.05, 0.1) is 5.69 Å². The molecular formula is C20H21F5N6OS. The average molecular weight is 488 g/mol. The van der Waals surface area contributed by atoms with Crippen LogP contribution in [-0.2, 0) is 0 Å². The van der Waals surface area contributed by atoms with Gasteiger partial charge in [-0.1, -0.05) is 0 Å². The minimum atomic E-state index is -5.69. The third-order valence-corrected chi connectivity index (χ3v) is 7.15. The highest BCUT2D eigenvalue weighted by molar-refractivity contribution is 7.10. The highest BCUT2D eigenvalue weighted by Gasteiger charge is 2.58. The molecule has 0 amide bonds. The first kappa shape index (κ1) is 22.1. The molecule has 13 heteroatoms. The first-order chi connectivity index (χ1) is 15.6. The van der Waals surface area contributed by atoms with E-state index >= 15 is 0 Å². The molecule has 1 N–H and O–H groups in total. The van der Waals surface area contributed by atoms with Crippen LogP contribution in [0.5, 0.6) is 5.75 Å². The molecule has 2 fully saturated rings. The van der Waals surface area contributed by atoms with Crippen molar-refractivity contribution >= 4 is 28.1 Å². The number of anilines is 2. The maximum Gasteiger partial charge on any atom is 0.456 e. The van der Waals surface area contributed by atoms with Crippen LogP contribution in [0.1, 0.15) is 18.5 Å². The van der Waals surface area contributed by atoms with Crippen molar-refractivity contribution < 1.29 is 26.7 Å². The van der Waals surface area contributed by atoms with E-state index in [0.29, 0.717) is 11.8 Å². The number of ether oxygens (including phenoxy) is 1.